The van der Waals surface area contributed by atoms with E-state index in [9.17, 15) is 0 Å². The van der Waals surface area contributed by atoms with Crippen LogP contribution in [-0.4, -0.2) is 8.32 Å². The molecule has 0 aromatic rings. The molecular weight excluding hydrogens is 176 g/mol. The van der Waals surface area contributed by atoms with E-state index in [1.54, 1.807) is 0 Å². The minimum Gasteiger partial charge on any atom is -0.547 e. The molecule has 0 saturated heterocycles. The first-order chi connectivity index (χ1) is 5.90. The number of allylic oxidation sites excluding steroid dienone is 2. The molecule has 1 nitrogen and oxygen atoms in total. The number of hydrogen-bond acceptors (Lipinski definition) is 1. The van der Waals surface area contributed by atoms with Gasteiger partial charge in [0.05, 0.1) is 5.76 Å². The quantitative estimate of drug-likeness (QED) is 0.474. The molecule has 13 heavy (non-hydrogen) atoms. The van der Waals surface area contributed by atoms with E-state index in [1.807, 2.05) is 0 Å². The van der Waals surface area contributed by atoms with E-state index >= 15 is 0 Å². The van der Waals surface area contributed by atoms with Crippen molar-refractivity contribution in [2.45, 2.75) is 59.7 Å². The Balaban J connectivity index is 4.44. The third-order valence-electron chi connectivity index (χ3n) is 1.91. The Labute approximate surface area is 84.3 Å². The molecule has 0 aliphatic heterocycles. The Hall–Kier alpha value is -0.243. The van der Waals surface area contributed by atoms with Crippen LogP contribution in [-0.2, 0) is 4.43 Å². The zero-order chi connectivity index (χ0) is 10.5. The van der Waals surface area contributed by atoms with Gasteiger partial charge in [-0.05, 0) is 45.0 Å². The van der Waals surface area contributed by atoms with Crippen molar-refractivity contribution in [1.82, 2.24) is 0 Å². The van der Waals surface area contributed by atoms with Crippen molar-refractivity contribution in [3.63, 3.8) is 0 Å². The molecule has 78 valence electrons. The highest BCUT2D eigenvalue weighted by Gasteiger charge is 2.18. The van der Waals surface area contributed by atoms with Crippen molar-refractivity contribution < 1.29 is 4.43 Å². The Bertz CT molecular complexity index is 177. The first kappa shape index (κ1) is 12.8. The van der Waals surface area contributed by atoms with Crippen LogP contribution in [0.1, 0.15) is 40.0 Å². The third kappa shape index (κ3) is 5.91. The van der Waals surface area contributed by atoms with Gasteiger partial charge in [0.1, 0.15) is 0 Å². The molecule has 0 fully saturated rings. The fraction of sp³-hybridized carbons (Fsp3) is 0.818. The summed E-state index contributed by atoms with van der Waals surface area (Å²) in [5.74, 6) is 1.25. The van der Waals surface area contributed by atoms with Gasteiger partial charge in [0, 0.05) is 6.42 Å². The average Bonchev–Trinajstić information content (AvgIpc) is 2.00. The summed E-state index contributed by atoms with van der Waals surface area (Å²) in [5, 5.41) is 0. The molecule has 0 N–H and O–H groups in total. The summed E-state index contributed by atoms with van der Waals surface area (Å²) < 4.78 is 6.05. The van der Waals surface area contributed by atoms with Crippen molar-refractivity contribution in [3.8, 4) is 0 Å². The third-order valence-corrected chi connectivity index (χ3v) is 2.77. The van der Waals surface area contributed by atoms with Crippen LogP contribution in [0.3, 0.4) is 0 Å². The van der Waals surface area contributed by atoms with Crippen LogP contribution in [0.5, 0.6) is 0 Å². The first-order valence-corrected chi connectivity index (χ1v) is 8.69. The zero-order valence-electron chi connectivity index (χ0n) is 10.0. The van der Waals surface area contributed by atoms with Gasteiger partial charge in [-0.15, -0.1) is 0 Å². The summed E-state index contributed by atoms with van der Waals surface area (Å²) in [6, 6.07) is 0. The summed E-state index contributed by atoms with van der Waals surface area (Å²) >= 11 is 0. The molecule has 0 unspecified atom stereocenters. The SMILES string of the molecule is CCCC(O[Si](C)(C)C)=C(C)CC. The Kier molecular flexibility index (Phi) is 5.38. The smallest absolute Gasteiger partial charge is 0.241 e. The molecule has 0 aliphatic rings. The highest BCUT2D eigenvalue weighted by molar-refractivity contribution is 6.70. The average molecular weight is 200 g/mol. The van der Waals surface area contributed by atoms with Crippen LogP contribution in [0.4, 0.5) is 0 Å². The highest BCUT2D eigenvalue weighted by atomic mass is 28.4. The summed E-state index contributed by atoms with van der Waals surface area (Å²) in [4.78, 5) is 0. The molecule has 0 amide bonds. The summed E-state index contributed by atoms with van der Waals surface area (Å²) in [7, 11) is -1.39. The maximum absolute atomic E-state index is 6.05. The Morgan fingerprint density at radius 2 is 1.69 bits per heavy atom. The van der Waals surface area contributed by atoms with Gasteiger partial charge < -0.3 is 4.43 Å². The second kappa shape index (κ2) is 5.48. The number of hydrogen-bond donors (Lipinski definition) is 0. The summed E-state index contributed by atoms with van der Waals surface area (Å²) in [5.41, 5.74) is 1.42. The first-order valence-electron chi connectivity index (χ1n) is 5.28. The van der Waals surface area contributed by atoms with E-state index in [0.717, 1.165) is 12.8 Å². The summed E-state index contributed by atoms with van der Waals surface area (Å²) in [6.07, 6.45) is 3.39. The van der Waals surface area contributed by atoms with E-state index in [-0.39, 0.29) is 0 Å². The predicted molar refractivity (Wildman–Crippen MR) is 62.3 cm³/mol. The minimum atomic E-state index is -1.39. The lowest BCUT2D eigenvalue weighted by Crippen LogP contribution is -2.25. The topological polar surface area (TPSA) is 9.23 Å². The van der Waals surface area contributed by atoms with Crippen molar-refractivity contribution >= 4 is 8.32 Å². The maximum atomic E-state index is 6.05. The molecule has 0 spiro atoms. The molecular formula is C11H24OSi. The minimum absolute atomic E-state index is 1.10. The largest absolute Gasteiger partial charge is 0.547 e. The van der Waals surface area contributed by atoms with Crippen molar-refractivity contribution in [3.05, 3.63) is 11.3 Å². The molecule has 0 aromatic heterocycles. The van der Waals surface area contributed by atoms with Crippen LogP contribution >= 0.6 is 0 Å². The van der Waals surface area contributed by atoms with Crippen molar-refractivity contribution in [2.75, 3.05) is 0 Å². The van der Waals surface area contributed by atoms with Crippen LogP contribution < -0.4 is 0 Å². The van der Waals surface area contributed by atoms with E-state index in [4.69, 9.17) is 4.43 Å². The van der Waals surface area contributed by atoms with Crippen molar-refractivity contribution in [1.29, 1.82) is 0 Å². The molecule has 2 heteroatoms. The van der Waals surface area contributed by atoms with Crippen LogP contribution in [0, 0.1) is 0 Å². The normalized spacial score (nSPS) is 14.0. The molecule has 0 radical (unpaired) electrons. The van der Waals surface area contributed by atoms with Crippen LogP contribution in [0.25, 0.3) is 0 Å². The van der Waals surface area contributed by atoms with Gasteiger partial charge >= 0.3 is 0 Å². The highest BCUT2D eigenvalue weighted by Crippen LogP contribution is 2.20. The molecule has 0 aliphatic carbocycles. The molecule has 0 rings (SSSR count). The zero-order valence-corrected chi connectivity index (χ0v) is 11.0. The van der Waals surface area contributed by atoms with E-state index in [1.165, 1.54) is 17.8 Å². The predicted octanol–water partition coefficient (Wildman–Crippen LogP) is 4.32. The van der Waals surface area contributed by atoms with E-state index in [0.29, 0.717) is 0 Å². The van der Waals surface area contributed by atoms with Crippen LogP contribution in [0.2, 0.25) is 19.6 Å². The van der Waals surface area contributed by atoms with Gasteiger partial charge in [-0.25, -0.2) is 0 Å². The lowest BCUT2D eigenvalue weighted by molar-refractivity contribution is 0.389. The Morgan fingerprint density at radius 1 is 1.15 bits per heavy atom. The Morgan fingerprint density at radius 3 is 2.00 bits per heavy atom. The monoisotopic (exact) mass is 200 g/mol. The van der Waals surface area contributed by atoms with Gasteiger partial charge in [-0.2, -0.15) is 0 Å². The maximum Gasteiger partial charge on any atom is 0.241 e. The molecule has 0 saturated carbocycles. The second-order valence-electron chi connectivity index (χ2n) is 4.52. The molecule has 0 atom stereocenters. The van der Waals surface area contributed by atoms with Gasteiger partial charge in [-0.3, -0.25) is 0 Å². The fourth-order valence-electron chi connectivity index (χ4n) is 1.15. The molecule has 0 aromatic carbocycles. The standard InChI is InChI=1S/C11H24OSi/c1-7-9-11(10(3)8-2)12-13(4,5)6/h7-9H2,1-6H3. The van der Waals surface area contributed by atoms with Gasteiger partial charge in [0.2, 0.25) is 8.32 Å². The van der Waals surface area contributed by atoms with E-state index < -0.39 is 8.32 Å². The number of rotatable bonds is 5. The fourth-order valence-corrected chi connectivity index (χ4v) is 2.16. The lowest BCUT2D eigenvalue weighted by Gasteiger charge is -2.23. The summed E-state index contributed by atoms with van der Waals surface area (Å²) in [6.45, 7) is 13.3. The molecule has 0 heterocycles. The second-order valence-corrected chi connectivity index (χ2v) is 8.95. The van der Waals surface area contributed by atoms with Gasteiger partial charge in [0.15, 0.2) is 0 Å². The van der Waals surface area contributed by atoms with Gasteiger partial charge in [0.25, 0.3) is 0 Å². The van der Waals surface area contributed by atoms with Crippen LogP contribution in [0.15, 0.2) is 11.3 Å². The van der Waals surface area contributed by atoms with Gasteiger partial charge in [-0.1, -0.05) is 13.8 Å². The molecule has 0 bridgehead atoms. The lowest BCUT2D eigenvalue weighted by atomic mass is 10.1. The van der Waals surface area contributed by atoms with E-state index in [2.05, 4.69) is 40.4 Å². The van der Waals surface area contributed by atoms with Crippen molar-refractivity contribution in [2.24, 2.45) is 0 Å².